The zero-order valence-corrected chi connectivity index (χ0v) is 14.7. The van der Waals surface area contributed by atoms with Crippen LogP contribution in [0.25, 0.3) is 0 Å². The lowest BCUT2D eigenvalue weighted by Gasteiger charge is -2.15. The van der Waals surface area contributed by atoms with E-state index in [2.05, 4.69) is 10.6 Å². The molecule has 0 aliphatic heterocycles. The number of urea groups is 1. The van der Waals surface area contributed by atoms with Crippen LogP contribution in [0.3, 0.4) is 0 Å². The standard InChI is InChI=1S/C17H18ClFN2O4/c1-23-14-7-12(8-15(24-2)16(14)25-3)21-17(22)20-9-10-4-5-11(19)6-13(10)18/h4-8H,9H2,1-3H3,(H2,20,21,22). The molecule has 2 rings (SSSR count). The number of nitrogens with one attached hydrogen (secondary N) is 2. The molecule has 0 aromatic heterocycles. The van der Waals surface area contributed by atoms with Gasteiger partial charge in [-0.05, 0) is 17.7 Å². The summed E-state index contributed by atoms with van der Waals surface area (Å²) in [5.41, 5.74) is 1.06. The van der Waals surface area contributed by atoms with Crippen LogP contribution in [0.4, 0.5) is 14.9 Å². The van der Waals surface area contributed by atoms with E-state index in [4.69, 9.17) is 25.8 Å². The first-order valence-corrected chi connectivity index (χ1v) is 7.65. The summed E-state index contributed by atoms with van der Waals surface area (Å²) in [4.78, 5) is 12.1. The van der Waals surface area contributed by atoms with E-state index in [0.717, 1.165) is 0 Å². The van der Waals surface area contributed by atoms with Crippen LogP contribution in [0.15, 0.2) is 30.3 Å². The maximum atomic E-state index is 13.0. The quantitative estimate of drug-likeness (QED) is 0.813. The molecule has 0 unspecified atom stereocenters. The fraction of sp³-hybridized carbons (Fsp3) is 0.235. The number of anilines is 1. The molecule has 25 heavy (non-hydrogen) atoms. The highest BCUT2D eigenvalue weighted by molar-refractivity contribution is 6.31. The van der Waals surface area contributed by atoms with Crippen LogP contribution in [0.2, 0.25) is 5.02 Å². The number of amides is 2. The van der Waals surface area contributed by atoms with Crippen LogP contribution in [0.5, 0.6) is 17.2 Å². The largest absolute Gasteiger partial charge is 0.493 e. The number of benzene rings is 2. The van der Waals surface area contributed by atoms with Crippen molar-refractivity contribution in [3.05, 3.63) is 46.7 Å². The van der Waals surface area contributed by atoms with Gasteiger partial charge in [-0.1, -0.05) is 17.7 Å². The summed E-state index contributed by atoms with van der Waals surface area (Å²) >= 11 is 5.93. The fourth-order valence-corrected chi connectivity index (χ4v) is 2.40. The van der Waals surface area contributed by atoms with Crippen molar-refractivity contribution in [2.45, 2.75) is 6.54 Å². The summed E-state index contributed by atoms with van der Waals surface area (Å²) in [5.74, 6) is 0.821. The van der Waals surface area contributed by atoms with Gasteiger partial charge in [0.15, 0.2) is 11.5 Å². The second-order valence-corrected chi connectivity index (χ2v) is 5.36. The molecule has 2 aromatic rings. The molecule has 0 fully saturated rings. The highest BCUT2D eigenvalue weighted by Crippen LogP contribution is 2.39. The molecular formula is C17H18ClFN2O4. The van der Waals surface area contributed by atoms with E-state index in [1.807, 2.05) is 0 Å². The number of carbonyl (C=O) groups excluding carboxylic acids is 1. The van der Waals surface area contributed by atoms with Gasteiger partial charge in [0.2, 0.25) is 5.75 Å². The second kappa shape index (κ2) is 8.43. The lowest BCUT2D eigenvalue weighted by atomic mass is 10.2. The smallest absolute Gasteiger partial charge is 0.319 e. The van der Waals surface area contributed by atoms with Crippen molar-refractivity contribution >= 4 is 23.3 Å². The molecule has 0 bridgehead atoms. The van der Waals surface area contributed by atoms with Crippen LogP contribution in [-0.4, -0.2) is 27.4 Å². The first kappa shape index (κ1) is 18.7. The van der Waals surface area contributed by atoms with E-state index in [1.54, 1.807) is 12.1 Å². The Morgan fingerprint density at radius 3 is 2.24 bits per heavy atom. The number of rotatable bonds is 6. The van der Waals surface area contributed by atoms with Crippen LogP contribution in [-0.2, 0) is 6.54 Å². The van der Waals surface area contributed by atoms with Gasteiger partial charge in [0.25, 0.3) is 0 Å². The van der Waals surface area contributed by atoms with Crippen LogP contribution in [0.1, 0.15) is 5.56 Å². The van der Waals surface area contributed by atoms with Gasteiger partial charge in [0.05, 0.1) is 27.0 Å². The molecule has 0 aliphatic carbocycles. The Kier molecular flexibility index (Phi) is 6.30. The van der Waals surface area contributed by atoms with Gasteiger partial charge in [0, 0.05) is 23.7 Å². The van der Waals surface area contributed by atoms with Crippen LogP contribution >= 0.6 is 11.6 Å². The summed E-state index contributed by atoms with van der Waals surface area (Å²) < 4.78 is 28.7. The number of halogens is 2. The number of ether oxygens (including phenoxy) is 3. The zero-order valence-electron chi connectivity index (χ0n) is 14.0. The lowest BCUT2D eigenvalue weighted by molar-refractivity contribution is 0.251. The number of hydrogen-bond donors (Lipinski definition) is 2. The topological polar surface area (TPSA) is 68.8 Å². The number of carbonyl (C=O) groups is 1. The predicted molar refractivity (Wildman–Crippen MR) is 93.4 cm³/mol. The Bertz CT molecular complexity index is 745. The molecule has 2 aromatic carbocycles. The second-order valence-electron chi connectivity index (χ2n) is 4.96. The SMILES string of the molecule is COc1cc(NC(=O)NCc2ccc(F)cc2Cl)cc(OC)c1OC. The monoisotopic (exact) mass is 368 g/mol. The highest BCUT2D eigenvalue weighted by Gasteiger charge is 2.14. The summed E-state index contributed by atoms with van der Waals surface area (Å²) in [6.45, 7) is 0.148. The van der Waals surface area contributed by atoms with E-state index >= 15 is 0 Å². The van der Waals surface area contributed by atoms with Gasteiger partial charge in [-0.15, -0.1) is 0 Å². The van der Waals surface area contributed by atoms with Gasteiger partial charge in [0.1, 0.15) is 5.82 Å². The summed E-state index contributed by atoms with van der Waals surface area (Å²) in [5, 5.41) is 5.55. The molecule has 0 saturated heterocycles. The lowest BCUT2D eigenvalue weighted by Crippen LogP contribution is -2.28. The third kappa shape index (κ3) is 4.67. The molecule has 2 amide bonds. The number of hydrogen-bond acceptors (Lipinski definition) is 4. The Morgan fingerprint density at radius 2 is 1.72 bits per heavy atom. The van der Waals surface area contributed by atoms with E-state index in [-0.39, 0.29) is 11.6 Å². The molecule has 2 N–H and O–H groups in total. The first-order valence-electron chi connectivity index (χ1n) is 7.27. The van der Waals surface area contributed by atoms with E-state index in [9.17, 15) is 9.18 Å². The van der Waals surface area contributed by atoms with Crippen molar-refractivity contribution < 1.29 is 23.4 Å². The molecule has 0 saturated carbocycles. The van der Waals surface area contributed by atoms with E-state index < -0.39 is 11.8 Å². The third-order valence-electron chi connectivity index (χ3n) is 3.38. The minimum atomic E-state index is -0.463. The molecule has 0 atom stereocenters. The molecular weight excluding hydrogens is 351 g/mol. The van der Waals surface area contributed by atoms with E-state index in [1.165, 1.54) is 39.5 Å². The van der Waals surface area contributed by atoms with Crippen molar-refractivity contribution in [3.63, 3.8) is 0 Å². The van der Waals surface area contributed by atoms with Crippen molar-refractivity contribution in [2.75, 3.05) is 26.6 Å². The molecule has 0 spiro atoms. The van der Waals surface area contributed by atoms with Crippen molar-refractivity contribution in [3.8, 4) is 17.2 Å². The van der Waals surface area contributed by atoms with E-state index in [0.29, 0.717) is 28.5 Å². The highest BCUT2D eigenvalue weighted by atomic mass is 35.5. The predicted octanol–water partition coefficient (Wildman–Crippen LogP) is 3.83. The maximum absolute atomic E-state index is 13.0. The van der Waals surface area contributed by atoms with Gasteiger partial charge in [-0.25, -0.2) is 9.18 Å². The van der Waals surface area contributed by atoms with Crippen LogP contribution < -0.4 is 24.8 Å². The average Bonchev–Trinajstić information content (AvgIpc) is 2.60. The molecule has 0 heterocycles. The van der Waals surface area contributed by atoms with Gasteiger partial charge in [-0.3, -0.25) is 0 Å². The number of methoxy groups -OCH3 is 3. The normalized spacial score (nSPS) is 10.1. The third-order valence-corrected chi connectivity index (χ3v) is 3.73. The molecule has 0 aliphatic rings. The minimum Gasteiger partial charge on any atom is -0.493 e. The molecule has 6 nitrogen and oxygen atoms in total. The average molecular weight is 369 g/mol. The van der Waals surface area contributed by atoms with Gasteiger partial charge in [-0.2, -0.15) is 0 Å². The molecule has 134 valence electrons. The van der Waals surface area contributed by atoms with Crippen molar-refractivity contribution in [1.82, 2.24) is 5.32 Å². The van der Waals surface area contributed by atoms with Crippen molar-refractivity contribution in [1.29, 1.82) is 0 Å². The zero-order chi connectivity index (χ0) is 18.4. The van der Waals surface area contributed by atoms with Gasteiger partial charge < -0.3 is 24.8 Å². The Hall–Kier alpha value is -2.67. The minimum absolute atomic E-state index is 0.148. The first-order chi connectivity index (χ1) is 12.0. The van der Waals surface area contributed by atoms with Crippen LogP contribution in [0, 0.1) is 5.82 Å². The van der Waals surface area contributed by atoms with Crippen molar-refractivity contribution in [2.24, 2.45) is 0 Å². The maximum Gasteiger partial charge on any atom is 0.319 e. The summed E-state index contributed by atoms with van der Waals surface area (Å²) in [6, 6.07) is 6.72. The molecule has 0 radical (unpaired) electrons. The fourth-order valence-electron chi connectivity index (χ4n) is 2.17. The van der Waals surface area contributed by atoms with Gasteiger partial charge >= 0.3 is 6.03 Å². The summed E-state index contributed by atoms with van der Waals surface area (Å²) in [7, 11) is 4.46. The Balaban J connectivity index is 2.07. The Labute approximate surface area is 149 Å². The molecule has 8 heteroatoms. The Morgan fingerprint density at radius 1 is 1.08 bits per heavy atom. The summed E-state index contributed by atoms with van der Waals surface area (Å²) in [6.07, 6.45) is 0.